The highest BCUT2D eigenvalue weighted by molar-refractivity contribution is 7.15. The lowest BCUT2D eigenvalue weighted by Crippen LogP contribution is -2.13. The summed E-state index contributed by atoms with van der Waals surface area (Å²) in [4.78, 5) is 11.1. The van der Waals surface area contributed by atoms with Gasteiger partial charge < -0.3 is 4.74 Å². The van der Waals surface area contributed by atoms with Crippen molar-refractivity contribution in [2.24, 2.45) is 0 Å². The average molecular weight is 239 g/mol. The lowest BCUT2D eigenvalue weighted by Gasteiger charge is -2.18. The van der Waals surface area contributed by atoms with Gasteiger partial charge in [-0.05, 0) is 18.9 Å². The maximum absolute atomic E-state index is 11.1. The van der Waals surface area contributed by atoms with E-state index in [1.165, 1.54) is 17.4 Å². The molecular formula is C10H13N3O2S. The van der Waals surface area contributed by atoms with Crippen LogP contribution in [0.2, 0.25) is 0 Å². The molecule has 1 amide bonds. The Morgan fingerprint density at radius 2 is 2.25 bits per heavy atom. The Morgan fingerprint density at radius 1 is 1.50 bits per heavy atom. The van der Waals surface area contributed by atoms with Crippen LogP contribution in [0.25, 0.3) is 0 Å². The molecular weight excluding hydrogens is 226 g/mol. The summed E-state index contributed by atoms with van der Waals surface area (Å²) in [6.45, 7) is 4.93. The van der Waals surface area contributed by atoms with Crippen molar-refractivity contribution < 1.29 is 9.53 Å². The Morgan fingerprint density at radius 3 is 2.94 bits per heavy atom. The fourth-order valence-corrected chi connectivity index (χ4v) is 2.47. The third-order valence-corrected chi connectivity index (χ3v) is 3.43. The van der Waals surface area contributed by atoms with Gasteiger partial charge in [-0.3, -0.25) is 10.1 Å². The monoisotopic (exact) mass is 239 g/mol. The molecule has 6 heteroatoms. The summed E-state index contributed by atoms with van der Waals surface area (Å²) in [6, 6.07) is 0. The van der Waals surface area contributed by atoms with E-state index in [1.807, 2.05) is 0 Å². The fourth-order valence-electron chi connectivity index (χ4n) is 1.55. The molecule has 1 aliphatic heterocycles. The largest absolute Gasteiger partial charge is 0.381 e. The number of hydrogen-bond donors (Lipinski definition) is 1. The van der Waals surface area contributed by atoms with Crippen LogP contribution in [0.1, 0.15) is 23.8 Å². The second-order valence-electron chi connectivity index (χ2n) is 3.53. The van der Waals surface area contributed by atoms with Crippen LogP contribution in [-0.4, -0.2) is 29.3 Å². The zero-order valence-electron chi connectivity index (χ0n) is 8.81. The molecule has 0 atom stereocenters. The summed E-state index contributed by atoms with van der Waals surface area (Å²) in [5, 5.41) is 12.1. The number of nitrogens with zero attached hydrogens (tertiary/aromatic N) is 2. The molecule has 2 heterocycles. The van der Waals surface area contributed by atoms with E-state index >= 15 is 0 Å². The molecule has 0 spiro atoms. The minimum Gasteiger partial charge on any atom is -0.381 e. The average Bonchev–Trinajstić information content (AvgIpc) is 2.78. The molecule has 0 saturated carbocycles. The SMILES string of the molecule is C=CC(=O)Nc1nnc(C2CCOCC2)s1. The molecule has 0 aromatic carbocycles. The van der Waals surface area contributed by atoms with Crippen LogP contribution in [0.5, 0.6) is 0 Å². The molecule has 1 N–H and O–H groups in total. The molecule has 2 rings (SSSR count). The first-order valence-electron chi connectivity index (χ1n) is 5.14. The second kappa shape index (κ2) is 5.18. The predicted octanol–water partition coefficient (Wildman–Crippen LogP) is 1.56. The number of carbonyl (C=O) groups excluding carboxylic acids is 1. The maximum atomic E-state index is 11.1. The molecule has 1 aromatic rings. The molecule has 0 bridgehead atoms. The van der Waals surface area contributed by atoms with Crippen molar-refractivity contribution in [3.8, 4) is 0 Å². The Balaban J connectivity index is 2.00. The molecule has 1 aromatic heterocycles. The minimum atomic E-state index is -0.255. The number of nitrogens with one attached hydrogen (secondary N) is 1. The zero-order chi connectivity index (χ0) is 11.4. The van der Waals surface area contributed by atoms with Crippen LogP contribution in [-0.2, 0) is 9.53 Å². The summed E-state index contributed by atoms with van der Waals surface area (Å²) in [5.41, 5.74) is 0. The van der Waals surface area contributed by atoms with Gasteiger partial charge in [0, 0.05) is 19.1 Å². The maximum Gasteiger partial charge on any atom is 0.249 e. The highest BCUT2D eigenvalue weighted by Gasteiger charge is 2.20. The molecule has 0 radical (unpaired) electrons. The van der Waals surface area contributed by atoms with Gasteiger partial charge in [-0.1, -0.05) is 17.9 Å². The molecule has 0 unspecified atom stereocenters. The third-order valence-electron chi connectivity index (χ3n) is 2.43. The highest BCUT2D eigenvalue weighted by atomic mass is 32.1. The number of aromatic nitrogens is 2. The summed E-state index contributed by atoms with van der Waals surface area (Å²) in [7, 11) is 0. The van der Waals surface area contributed by atoms with E-state index in [9.17, 15) is 4.79 Å². The van der Waals surface area contributed by atoms with Crippen LogP contribution < -0.4 is 5.32 Å². The smallest absolute Gasteiger partial charge is 0.249 e. The van der Waals surface area contributed by atoms with Gasteiger partial charge in [0.2, 0.25) is 11.0 Å². The first kappa shape index (κ1) is 11.2. The van der Waals surface area contributed by atoms with Crippen molar-refractivity contribution in [3.05, 3.63) is 17.7 Å². The van der Waals surface area contributed by atoms with Gasteiger partial charge in [0.1, 0.15) is 5.01 Å². The molecule has 5 nitrogen and oxygen atoms in total. The Hall–Kier alpha value is -1.27. The second-order valence-corrected chi connectivity index (χ2v) is 4.53. The van der Waals surface area contributed by atoms with Gasteiger partial charge in [0.15, 0.2) is 0 Å². The quantitative estimate of drug-likeness (QED) is 0.813. The summed E-state index contributed by atoms with van der Waals surface area (Å²) in [6.07, 6.45) is 3.17. The van der Waals surface area contributed by atoms with Crippen LogP contribution in [0, 0.1) is 0 Å². The lowest BCUT2D eigenvalue weighted by atomic mass is 10.0. The van der Waals surface area contributed by atoms with Crippen molar-refractivity contribution >= 4 is 22.4 Å². The van der Waals surface area contributed by atoms with Crippen molar-refractivity contribution in [2.75, 3.05) is 18.5 Å². The van der Waals surface area contributed by atoms with Crippen LogP contribution in [0.15, 0.2) is 12.7 Å². The predicted molar refractivity (Wildman–Crippen MR) is 61.5 cm³/mol. The standard InChI is InChI=1S/C10H13N3O2S/c1-2-8(14)11-10-13-12-9(16-10)7-3-5-15-6-4-7/h2,7H,1,3-6H2,(H,11,13,14). The molecule has 16 heavy (non-hydrogen) atoms. The molecule has 1 aliphatic rings. The van der Waals surface area contributed by atoms with Crippen molar-refractivity contribution in [1.29, 1.82) is 0 Å². The van der Waals surface area contributed by atoms with Gasteiger partial charge in [0.05, 0.1) is 0 Å². The van der Waals surface area contributed by atoms with Gasteiger partial charge in [0.25, 0.3) is 0 Å². The first-order valence-corrected chi connectivity index (χ1v) is 5.96. The van der Waals surface area contributed by atoms with Crippen LogP contribution in [0.3, 0.4) is 0 Å². The highest BCUT2D eigenvalue weighted by Crippen LogP contribution is 2.30. The van der Waals surface area contributed by atoms with Crippen molar-refractivity contribution in [2.45, 2.75) is 18.8 Å². The number of rotatable bonds is 3. The first-order chi connectivity index (χ1) is 7.79. The van der Waals surface area contributed by atoms with Crippen molar-refractivity contribution in [1.82, 2.24) is 10.2 Å². The van der Waals surface area contributed by atoms with E-state index in [1.54, 1.807) is 0 Å². The Bertz CT molecular complexity index is 385. The van der Waals surface area contributed by atoms with E-state index in [-0.39, 0.29) is 5.91 Å². The van der Waals surface area contributed by atoms with Gasteiger partial charge >= 0.3 is 0 Å². The molecule has 1 saturated heterocycles. The van der Waals surface area contributed by atoms with E-state index in [0.29, 0.717) is 11.0 Å². The van der Waals surface area contributed by atoms with Crippen LogP contribution in [0.4, 0.5) is 5.13 Å². The topological polar surface area (TPSA) is 64.1 Å². The molecule has 0 aliphatic carbocycles. The normalized spacial score (nSPS) is 17.0. The lowest BCUT2D eigenvalue weighted by molar-refractivity contribution is -0.111. The number of carbonyl (C=O) groups is 1. The van der Waals surface area contributed by atoms with Crippen LogP contribution >= 0.6 is 11.3 Å². The van der Waals surface area contributed by atoms with E-state index < -0.39 is 0 Å². The van der Waals surface area contributed by atoms with E-state index in [2.05, 4.69) is 22.1 Å². The fraction of sp³-hybridized carbons (Fsp3) is 0.500. The van der Waals surface area contributed by atoms with E-state index in [0.717, 1.165) is 31.1 Å². The summed E-state index contributed by atoms with van der Waals surface area (Å²) >= 11 is 1.43. The zero-order valence-corrected chi connectivity index (χ0v) is 9.63. The minimum absolute atomic E-state index is 0.255. The number of anilines is 1. The van der Waals surface area contributed by atoms with Gasteiger partial charge in [-0.25, -0.2) is 0 Å². The number of amides is 1. The summed E-state index contributed by atoms with van der Waals surface area (Å²) < 4.78 is 5.28. The number of ether oxygens (including phenoxy) is 1. The van der Waals surface area contributed by atoms with E-state index in [4.69, 9.17) is 4.74 Å². The Kier molecular flexibility index (Phi) is 3.63. The van der Waals surface area contributed by atoms with Gasteiger partial charge in [-0.15, -0.1) is 10.2 Å². The Labute approximate surface area is 97.5 Å². The summed E-state index contributed by atoms with van der Waals surface area (Å²) in [5.74, 6) is 0.162. The third kappa shape index (κ3) is 2.65. The van der Waals surface area contributed by atoms with Crippen molar-refractivity contribution in [3.63, 3.8) is 0 Å². The molecule has 86 valence electrons. The number of hydrogen-bond acceptors (Lipinski definition) is 5. The van der Waals surface area contributed by atoms with Gasteiger partial charge in [-0.2, -0.15) is 0 Å². The molecule has 1 fully saturated rings.